The Morgan fingerprint density at radius 2 is 2.11 bits per heavy atom. The van der Waals surface area contributed by atoms with E-state index in [-0.39, 0.29) is 0 Å². The summed E-state index contributed by atoms with van der Waals surface area (Å²) in [4.78, 5) is 4.63. The summed E-state index contributed by atoms with van der Waals surface area (Å²) in [5.74, 6) is 1.57. The standard InChI is InChI=1S/C12H13BrCl2N2S/c1-6(2)9-5-18-12(17-9)16-8-4-3-7(13)10(14)11(8)15/h3-4,6,9H,5H2,1-2H3,(H,16,17). The van der Waals surface area contributed by atoms with Crippen LogP contribution in [-0.2, 0) is 0 Å². The van der Waals surface area contributed by atoms with Crippen molar-refractivity contribution < 1.29 is 0 Å². The Balaban J connectivity index is 2.16. The van der Waals surface area contributed by atoms with Gasteiger partial charge in [-0.05, 0) is 34.0 Å². The number of halogens is 3. The third kappa shape index (κ3) is 3.16. The number of hydrogen-bond acceptors (Lipinski definition) is 3. The maximum atomic E-state index is 6.19. The van der Waals surface area contributed by atoms with Crippen LogP contribution in [0.2, 0.25) is 10.0 Å². The molecule has 98 valence electrons. The number of anilines is 1. The third-order valence-corrected chi connectivity index (χ3v) is 5.48. The Bertz CT molecular complexity index is 491. The highest BCUT2D eigenvalue weighted by Crippen LogP contribution is 2.36. The highest BCUT2D eigenvalue weighted by molar-refractivity contribution is 9.10. The quantitative estimate of drug-likeness (QED) is 0.717. The Morgan fingerprint density at radius 1 is 1.39 bits per heavy atom. The summed E-state index contributed by atoms with van der Waals surface area (Å²) in [6.45, 7) is 4.36. The van der Waals surface area contributed by atoms with E-state index in [2.05, 4.69) is 40.1 Å². The number of nitrogens with one attached hydrogen (secondary N) is 1. The minimum absolute atomic E-state index is 0.377. The molecule has 0 amide bonds. The first kappa shape index (κ1) is 14.5. The van der Waals surface area contributed by atoms with E-state index in [0.29, 0.717) is 22.0 Å². The monoisotopic (exact) mass is 366 g/mol. The summed E-state index contributed by atoms with van der Waals surface area (Å²) in [5, 5.41) is 5.18. The number of aliphatic imine (C=N–C) groups is 1. The highest BCUT2D eigenvalue weighted by atomic mass is 79.9. The van der Waals surface area contributed by atoms with E-state index < -0.39 is 0 Å². The normalized spacial score (nSPS) is 19.2. The molecule has 1 atom stereocenters. The third-order valence-electron chi connectivity index (χ3n) is 2.72. The van der Waals surface area contributed by atoms with Crippen molar-refractivity contribution in [3.63, 3.8) is 0 Å². The van der Waals surface area contributed by atoms with Gasteiger partial charge in [0.2, 0.25) is 0 Å². The smallest absolute Gasteiger partial charge is 0.161 e. The molecule has 0 radical (unpaired) electrons. The van der Waals surface area contributed by atoms with E-state index in [1.807, 2.05) is 12.1 Å². The molecule has 6 heteroatoms. The fourth-order valence-electron chi connectivity index (χ4n) is 1.54. The molecule has 1 heterocycles. The lowest BCUT2D eigenvalue weighted by Crippen LogP contribution is -2.12. The van der Waals surface area contributed by atoms with Gasteiger partial charge in [-0.15, -0.1) is 0 Å². The molecule has 1 aromatic carbocycles. The van der Waals surface area contributed by atoms with Gasteiger partial charge in [-0.25, -0.2) is 0 Å². The number of rotatable bonds is 2. The molecule has 0 bridgehead atoms. The first-order valence-corrected chi connectivity index (χ1v) is 8.13. The van der Waals surface area contributed by atoms with Gasteiger partial charge in [0.1, 0.15) is 0 Å². The van der Waals surface area contributed by atoms with Gasteiger partial charge in [-0.3, -0.25) is 4.99 Å². The van der Waals surface area contributed by atoms with Crippen LogP contribution in [0.1, 0.15) is 13.8 Å². The van der Waals surface area contributed by atoms with Crippen molar-refractivity contribution in [2.45, 2.75) is 19.9 Å². The minimum Gasteiger partial charge on any atom is -0.334 e. The lowest BCUT2D eigenvalue weighted by Gasteiger charge is -2.09. The summed E-state index contributed by atoms with van der Waals surface area (Å²) < 4.78 is 0.792. The summed E-state index contributed by atoms with van der Waals surface area (Å²) in [6, 6.07) is 4.14. The van der Waals surface area contributed by atoms with Crippen molar-refractivity contribution in [2.24, 2.45) is 10.9 Å². The number of hydrogen-bond donors (Lipinski definition) is 1. The van der Waals surface area contributed by atoms with Crippen LogP contribution in [0.3, 0.4) is 0 Å². The van der Waals surface area contributed by atoms with E-state index in [1.54, 1.807) is 11.8 Å². The van der Waals surface area contributed by atoms with Gasteiger partial charge in [-0.2, -0.15) is 0 Å². The van der Waals surface area contributed by atoms with Crippen molar-refractivity contribution >= 4 is 61.7 Å². The predicted molar refractivity (Wildman–Crippen MR) is 86.3 cm³/mol. The Morgan fingerprint density at radius 3 is 2.72 bits per heavy atom. The van der Waals surface area contributed by atoms with Gasteiger partial charge >= 0.3 is 0 Å². The van der Waals surface area contributed by atoms with Crippen LogP contribution in [0.15, 0.2) is 21.6 Å². The van der Waals surface area contributed by atoms with Crippen molar-refractivity contribution in [1.29, 1.82) is 0 Å². The van der Waals surface area contributed by atoms with Gasteiger partial charge < -0.3 is 5.32 Å². The molecule has 0 saturated heterocycles. The van der Waals surface area contributed by atoms with Gasteiger partial charge in [0.05, 0.1) is 21.8 Å². The lowest BCUT2D eigenvalue weighted by molar-refractivity contribution is 0.543. The van der Waals surface area contributed by atoms with Crippen LogP contribution < -0.4 is 5.32 Å². The summed E-state index contributed by atoms with van der Waals surface area (Å²) >= 11 is 17.3. The van der Waals surface area contributed by atoms with Gasteiger partial charge in [0, 0.05) is 10.2 Å². The van der Waals surface area contributed by atoms with Crippen molar-refractivity contribution in [1.82, 2.24) is 0 Å². The molecule has 0 saturated carbocycles. The van der Waals surface area contributed by atoms with Gasteiger partial charge in [0.25, 0.3) is 0 Å². The topological polar surface area (TPSA) is 24.4 Å². The fourth-order valence-corrected chi connectivity index (χ4v) is 3.54. The molecule has 1 aliphatic heterocycles. The summed E-state index contributed by atoms with van der Waals surface area (Å²) in [6.07, 6.45) is 0. The zero-order chi connectivity index (χ0) is 13.3. The maximum Gasteiger partial charge on any atom is 0.161 e. The average Bonchev–Trinajstić information content (AvgIpc) is 2.79. The second-order valence-electron chi connectivity index (χ2n) is 4.40. The van der Waals surface area contributed by atoms with Crippen molar-refractivity contribution in [3.05, 3.63) is 26.7 Å². The summed E-state index contributed by atoms with van der Waals surface area (Å²) in [5.41, 5.74) is 0.792. The maximum absolute atomic E-state index is 6.19. The Labute approximate surface area is 130 Å². The highest BCUT2D eigenvalue weighted by Gasteiger charge is 2.21. The number of nitrogens with zero attached hydrogens (tertiary/aromatic N) is 1. The fraction of sp³-hybridized carbons (Fsp3) is 0.417. The molecule has 0 spiro atoms. The van der Waals surface area contributed by atoms with E-state index in [9.17, 15) is 0 Å². The average molecular weight is 368 g/mol. The molecule has 2 nitrogen and oxygen atoms in total. The lowest BCUT2D eigenvalue weighted by atomic mass is 10.1. The van der Waals surface area contributed by atoms with Crippen molar-refractivity contribution in [2.75, 3.05) is 11.1 Å². The molecule has 0 fully saturated rings. The van der Waals surface area contributed by atoms with Crippen molar-refractivity contribution in [3.8, 4) is 0 Å². The van der Waals surface area contributed by atoms with Crippen LogP contribution in [0, 0.1) is 5.92 Å². The zero-order valence-corrected chi connectivity index (χ0v) is 13.9. The SMILES string of the molecule is CC(C)C1CSC(Nc2ccc(Br)c(Cl)c2Cl)=N1. The van der Waals surface area contributed by atoms with E-state index in [1.165, 1.54) is 0 Å². The summed E-state index contributed by atoms with van der Waals surface area (Å²) in [7, 11) is 0. The van der Waals surface area contributed by atoms with Crippen LogP contribution in [-0.4, -0.2) is 17.0 Å². The van der Waals surface area contributed by atoms with Gasteiger partial charge in [-0.1, -0.05) is 48.8 Å². The van der Waals surface area contributed by atoms with Crippen LogP contribution in [0.5, 0.6) is 0 Å². The van der Waals surface area contributed by atoms with E-state index >= 15 is 0 Å². The molecule has 18 heavy (non-hydrogen) atoms. The van der Waals surface area contributed by atoms with Gasteiger partial charge in [0.15, 0.2) is 5.17 Å². The van der Waals surface area contributed by atoms with Crippen LogP contribution >= 0.6 is 50.9 Å². The first-order chi connectivity index (χ1) is 8.49. The van der Waals surface area contributed by atoms with Crippen LogP contribution in [0.4, 0.5) is 5.69 Å². The molecule has 0 aromatic heterocycles. The first-order valence-electron chi connectivity index (χ1n) is 5.60. The number of thioether (sulfide) groups is 1. The molecular formula is C12H13BrCl2N2S. The Hall–Kier alpha value is 0.1000. The molecular weight excluding hydrogens is 355 g/mol. The molecule has 1 aliphatic rings. The second kappa shape index (κ2) is 6.04. The predicted octanol–water partition coefficient (Wildman–Crippen LogP) is 5.30. The molecule has 0 aliphatic carbocycles. The minimum atomic E-state index is 0.377. The zero-order valence-electron chi connectivity index (χ0n) is 10.0. The number of amidine groups is 1. The van der Waals surface area contributed by atoms with E-state index in [0.717, 1.165) is 21.1 Å². The molecule has 2 rings (SSSR count). The van der Waals surface area contributed by atoms with E-state index in [4.69, 9.17) is 23.2 Å². The largest absolute Gasteiger partial charge is 0.334 e. The van der Waals surface area contributed by atoms with Crippen LogP contribution in [0.25, 0.3) is 0 Å². The number of benzene rings is 1. The molecule has 1 N–H and O–H groups in total. The molecule has 1 unspecified atom stereocenters. The molecule has 1 aromatic rings. The second-order valence-corrected chi connectivity index (χ2v) is 7.02. The Kier molecular flexibility index (Phi) is 4.86.